The van der Waals surface area contributed by atoms with Gasteiger partial charge in [0.25, 0.3) is 5.91 Å². The van der Waals surface area contributed by atoms with Crippen molar-refractivity contribution in [3.8, 4) is 11.1 Å². The highest BCUT2D eigenvalue weighted by Crippen LogP contribution is 2.27. The summed E-state index contributed by atoms with van der Waals surface area (Å²) in [7, 11) is 0. The molecular weight excluding hydrogens is 258 g/mol. The second-order valence-corrected chi connectivity index (χ2v) is 4.72. The summed E-state index contributed by atoms with van der Waals surface area (Å²) >= 11 is 6.15. The van der Waals surface area contributed by atoms with E-state index in [9.17, 15) is 4.79 Å². The van der Waals surface area contributed by atoms with Crippen LogP contribution >= 0.6 is 11.6 Å². The molecule has 0 spiro atoms. The van der Waals surface area contributed by atoms with Crippen molar-refractivity contribution in [1.29, 1.82) is 0 Å². The maximum Gasteiger partial charge on any atom is 0.251 e. The maximum absolute atomic E-state index is 11.8. The minimum Gasteiger partial charge on any atom is -0.352 e. The lowest BCUT2D eigenvalue weighted by Gasteiger charge is -2.06. The smallest absolute Gasteiger partial charge is 0.251 e. The van der Waals surface area contributed by atoms with Crippen LogP contribution in [-0.2, 0) is 0 Å². The van der Waals surface area contributed by atoms with Crippen LogP contribution < -0.4 is 5.32 Å². The summed E-state index contributed by atoms with van der Waals surface area (Å²) in [5.74, 6) is -0.0347. The second kappa shape index (κ2) is 6.39. The molecule has 0 saturated heterocycles. The van der Waals surface area contributed by atoms with E-state index in [-0.39, 0.29) is 5.91 Å². The molecular formula is C16H16ClNO. The average Bonchev–Trinajstić information content (AvgIpc) is 2.45. The van der Waals surface area contributed by atoms with Gasteiger partial charge in [0.15, 0.2) is 0 Å². The summed E-state index contributed by atoms with van der Waals surface area (Å²) in [5.41, 5.74) is 2.66. The Balaban J connectivity index is 2.19. The summed E-state index contributed by atoms with van der Waals surface area (Å²) in [6.07, 6.45) is 0.934. The first-order valence-corrected chi connectivity index (χ1v) is 6.73. The number of carbonyl (C=O) groups is 1. The van der Waals surface area contributed by atoms with E-state index in [0.717, 1.165) is 17.5 Å². The Bertz CT molecular complexity index is 563. The molecule has 0 bridgehead atoms. The average molecular weight is 274 g/mol. The quantitative estimate of drug-likeness (QED) is 0.891. The molecule has 3 heteroatoms. The molecule has 2 aromatic carbocycles. The van der Waals surface area contributed by atoms with Crippen LogP contribution in [0.25, 0.3) is 11.1 Å². The first-order chi connectivity index (χ1) is 9.22. The highest BCUT2D eigenvalue weighted by Gasteiger charge is 2.06. The van der Waals surface area contributed by atoms with E-state index in [4.69, 9.17) is 11.6 Å². The molecule has 1 N–H and O–H groups in total. The molecule has 0 aliphatic heterocycles. The normalized spacial score (nSPS) is 10.2. The Kier molecular flexibility index (Phi) is 4.58. The van der Waals surface area contributed by atoms with Gasteiger partial charge in [-0.25, -0.2) is 0 Å². The van der Waals surface area contributed by atoms with Crippen LogP contribution in [0.1, 0.15) is 23.7 Å². The summed E-state index contributed by atoms with van der Waals surface area (Å²) in [4.78, 5) is 11.8. The van der Waals surface area contributed by atoms with Crippen molar-refractivity contribution in [2.75, 3.05) is 6.54 Å². The van der Waals surface area contributed by atoms with Crippen LogP contribution in [0.3, 0.4) is 0 Å². The fraction of sp³-hybridized carbons (Fsp3) is 0.188. The predicted molar refractivity (Wildman–Crippen MR) is 79.5 cm³/mol. The van der Waals surface area contributed by atoms with Crippen molar-refractivity contribution >= 4 is 17.5 Å². The molecule has 2 nitrogen and oxygen atoms in total. The predicted octanol–water partition coefficient (Wildman–Crippen LogP) is 4.15. The van der Waals surface area contributed by atoms with Crippen molar-refractivity contribution in [2.24, 2.45) is 0 Å². The van der Waals surface area contributed by atoms with Crippen LogP contribution in [0.4, 0.5) is 0 Å². The Morgan fingerprint density at radius 1 is 1.11 bits per heavy atom. The molecule has 2 rings (SSSR count). The van der Waals surface area contributed by atoms with Gasteiger partial charge in [-0.15, -0.1) is 0 Å². The van der Waals surface area contributed by atoms with Crippen LogP contribution in [0.15, 0.2) is 48.5 Å². The zero-order valence-electron chi connectivity index (χ0n) is 10.8. The number of nitrogens with one attached hydrogen (secondary N) is 1. The minimum atomic E-state index is -0.0347. The molecule has 98 valence electrons. The third-order valence-corrected chi connectivity index (χ3v) is 3.20. The Morgan fingerprint density at radius 2 is 1.79 bits per heavy atom. The molecule has 0 radical (unpaired) electrons. The molecule has 0 saturated carbocycles. The van der Waals surface area contributed by atoms with Crippen molar-refractivity contribution in [2.45, 2.75) is 13.3 Å². The topological polar surface area (TPSA) is 29.1 Å². The molecule has 1 amide bonds. The number of rotatable bonds is 4. The number of halogens is 1. The van der Waals surface area contributed by atoms with Crippen LogP contribution in [0, 0.1) is 0 Å². The monoisotopic (exact) mass is 273 g/mol. The van der Waals surface area contributed by atoms with E-state index in [1.165, 1.54) is 0 Å². The zero-order valence-corrected chi connectivity index (χ0v) is 11.6. The third kappa shape index (κ3) is 3.36. The van der Waals surface area contributed by atoms with Crippen molar-refractivity contribution in [3.05, 3.63) is 59.1 Å². The van der Waals surface area contributed by atoms with Gasteiger partial charge in [-0.1, -0.05) is 48.9 Å². The van der Waals surface area contributed by atoms with Gasteiger partial charge in [0.05, 0.1) is 0 Å². The summed E-state index contributed by atoms with van der Waals surface area (Å²) in [6, 6.07) is 15.2. The SMILES string of the molecule is CCCNC(=O)c1ccc(-c2ccccc2Cl)cc1. The molecule has 0 unspecified atom stereocenters. The van der Waals surface area contributed by atoms with Crippen LogP contribution in [0.2, 0.25) is 5.02 Å². The lowest BCUT2D eigenvalue weighted by atomic mass is 10.0. The van der Waals surface area contributed by atoms with Crippen molar-refractivity contribution in [3.63, 3.8) is 0 Å². The Hall–Kier alpha value is -1.80. The van der Waals surface area contributed by atoms with E-state index in [1.807, 2.05) is 55.5 Å². The zero-order chi connectivity index (χ0) is 13.7. The van der Waals surface area contributed by atoms with E-state index >= 15 is 0 Å². The number of benzene rings is 2. The van der Waals surface area contributed by atoms with Gasteiger partial charge in [0.1, 0.15) is 0 Å². The van der Waals surface area contributed by atoms with E-state index in [1.54, 1.807) is 0 Å². The van der Waals surface area contributed by atoms with E-state index in [0.29, 0.717) is 17.1 Å². The second-order valence-electron chi connectivity index (χ2n) is 4.31. The Labute approximate surface area is 118 Å². The molecule has 0 fully saturated rings. The number of amides is 1. The molecule has 0 heterocycles. The van der Waals surface area contributed by atoms with Gasteiger partial charge in [0, 0.05) is 22.7 Å². The molecule has 2 aromatic rings. The molecule has 19 heavy (non-hydrogen) atoms. The van der Waals surface area contributed by atoms with Gasteiger partial charge in [-0.2, -0.15) is 0 Å². The fourth-order valence-electron chi connectivity index (χ4n) is 1.84. The van der Waals surface area contributed by atoms with Crippen molar-refractivity contribution in [1.82, 2.24) is 5.32 Å². The van der Waals surface area contributed by atoms with E-state index in [2.05, 4.69) is 5.32 Å². The van der Waals surface area contributed by atoms with Crippen LogP contribution in [-0.4, -0.2) is 12.5 Å². The number of hydrogen-bond acceptors (Lipinski definition) is 1. The first kappa shape index (κ1) is 13.6. The minimum absolute atomic E-state index is 0.0347. The van der Waals surface area contributed by atoms with Gasteiger partial charge in [0.2, 0.25) is 0 Å². The molecule has 0 aliphatic rings. The highest BCUT2D eigenvalue weighted by molar-refractivity contribution is 6.33. The summed E-state index contributed by atoms with van der Waals surface area (Å²) in [6.45, 7) is 2.73. The third-order valence-electron chi connectivity index (χ3n) is 2.87. The van der Waals surface area contributed by atoms with E-state index < -0.39 is 0 Å². The highest BCUT2D eigenvalue weighted by atomic mass is 35.5. The summed E-state index contributed by atoms with van der Waals surface area (Å²) in [5, 5.41) is 3.57. The standard InChI is InChI=1S/C16H16ClNO/c1-2-11-18-16(19)13-9-7-12(8-10-13)14-5-3-4-6-15(14)17/h3-10H,2,11H2,1H3,(H,18,19). The largest absolute Gasteiger partial charge is 0.352 e. The Morgan fingerprint density at radius 3 is 2.42 bits per heavy atom. The van der Waals surface area contributed by atoms with Gasteiger partial charge >= 0.3 is 0 Å². The molecule has 0 aliphatic carbocycles. The molecule has 0 aromatic heterocycles. The lowest BCUT2D eigenvalue weighted by Crippen LogP contribution is -2.23. The molecule has 0 atom stereocenters. The number of carbonyl (C=O) groups excluding carboxylic acids is 1. The van der Waals surface area contributed by atoms with Gasteiger partial charge in [-0.3, -0.25) is 4.79 Å². The van der Waals surface area contributed by atoms with Gasteiger partial charge in [-0.05, 0) is 30.2 Å². The number of hydrogen-bond donors (Lipinski definition) is 1. The lowest BCUT2D eigenvalue weighted by molar-refractivity contribution is 0.0953. The van der Waals surface area contributed by atoms with Crippen molar-refractivity contribution < 1.29 is 4.79 Å². The maximum atomic E-state index is 11.8. The fourth-order valence-corrected chi connectivity index (χ4v) is 2.08. The first-order valence-electron chi connectivity index (χ1n) is 6.35. The van der Waals surface area contributed by atoms with Crippen LogP contribution in [0.5, 0.6) is 0 Å². The summed E-state index contributed by atoms with van der Waals surface area (Å²) < 4.78 is 0. The van der Waals surface area contributed by atoms with Gasteiger partial charge < -0.3 is 5.32 Å².